The van der Waals surface area contributed by atoms with Crippen LogP contribution in [-0.4, -0.2) is 11.7 Å². The maximum absolute atomic E-state index is 13.5. The summed E-state index contributed by atoms with van der Waals surface area (Å²) in [5.41, 5.74) is 1.69. The summed E-state index contributed by atoms with van der Waals surface area (Å²) in [6.45, 7) is 0.0261. The van der Waals surface area contributed by atoms with Gasteiger partial charge in [0.25, 0.3) is 0 Å². The first kappa shape index (κ1) is 11.8. The fourth-order valence-corrected chi connectivity index (χ4v) is 1.94. The van der Waals surface area contributed by atoms with E-state index in [9.17, 15) is 9.50 Å². The maximum Gasteiger partial charge on any atom is 0.126 e. The van der Waals surface area contributed by atoms with Crippen LogP contribution in [0.1, 0.15) is 17.0 Å². The highest BCUT2D eigenvalue weighted by molar-refractivity contribution is 5.25. The largest absolute Gasteiger partial charge is 0.396 e. The van der Waals surface area contributed by atoms with Gasteiger partial charge in [-0.2, -0.15) is 0 Å². The molecule has 2 aromatic carbocycles. The number of hydrogen-bond donors (Lipinski definition) is 1. The monoisotopic (exact) mass is 230 g/mol. The molecule has 1 atom stereocenters. The molecule has 0 saturated heterocycles. The predicted molar refractivity (Wildman–Crippen MR) is 66.4 cm³/mol. The van der Waals surface area contributed by atoms with Crippen LogP contribution in [0.3, 0.4) is 0 Å². The Balaban J connectivity index is 2.19. The minimum Gasteiger partial charge on any atom is -0.396 e. The molecule has 17 heavy (non-hydrogen) atoms. The zero-order valence-corrected chi connectivity index (χ0v) is 9.51. The lowest BCUT2D eigenvalue weighted by Gasteiger charge is -2.15. The highest BCUT2D eigenvalue weighted by Gasteiger charge is 2.12. The third-order valence-corrected chi connectivity index (χ3v) is 2.92. The molecule has 0 aliphatic rings. The Morgan fingerprint density at radius 2 is 1.59 bits per heavy atom. The lowest BCUT2D eigenvalue weighted by atomic mass is 9.92. The van der Waals surface area contributed by atoms with Crippen LogP contribution in [0.25, 0.3) is 0 Å². The summed E-state index contributed by atoms with van der Waals surface area (Å²) in [5, 5.41) is 9.41. The van der Waals surface area contributed by atoms with Crippen molar-refractivity contribution in [3.8, 4) is 0 Å². The molecular formula is C15H15FO. The molecule has 0 fully saturated rings. The molecule has 0 saturated carbocycles. The Hall–Kier alpha value is -1.67. The van der Waals surface area contributed by atoms with Crippen molar-refractivity contribution in [3.63, 3.8) is 0 Å². The summed E-state index contributed by atoms with van der Waals surface area (Å²) in [7, 11) is 0. The SMILES string of the molecule is OCC(Cc1ccccc1F)c1ccccc1. The predicted octanol–water partition coefficient (Wildman–Crippen LogP) is 3.14. The molecule has 1 unspecified atom stereocenters. The van der Waals surface area contributed by atoms with Crippen LogP contribution in [0.2, 0.25) is 0 Å². The van der Waals surface area contributed by atoms with Gasteiger partial charge in [0.05, 0.1) is 6.61 Å². The number of rotatable bonds is 4. The average Bonchev–Trinajstić information content (AvgIpc) is 2.39. The van der Waals surface area contributed by atoms with E-state index >= 15 is 0 Å². The van der Waals surface area contributed by atoms with Gasteiger partial charge in [-0.1, -0.05) is 48.5 Å². The van der Waals surface area contributed by atoms with E-state index in [0.717, 1.165) is 5.56 Å². The van der Waals surface area contributed by atoms with E-state index in [1.165, 1.54) is 6.07 Å². The van der Waals surface area contributed by atoms with Crippen molar-refractivity contribution in [2.45, 2.75) is 12.3 Å². The van der Waals surface area contributed by atoms with Crippen LogP contribution in [0.15, 0.2) is 54.6 Å². The van der Waals surface area contributed by atoms with Gasteiger partial charge in [0.15, 0.2) is 0 Å². The third kappa shape index (κ3) is 2.92. The van der Waals surface area contributed by atoms with E-state index < -0.39 is 0 Å². The lowest BCUT2D eigenvalue weighted by molar-refractivity contribution is 0.263. The van der Waals surface area contributed by atoms with Gasteiger partial charge in [0.2, 0.25) is 0 Å². The highest BCUT2D eigenvalue weighted by atomic mass is 19.1. The summed E-state index contributed by atoms with van der Waals surface area (Å²) >= 11 is 0. The van der Waals surface area contributed by atoms with E-state index in [-0.39, 0.29) is 18.3 Å². The van der Waals surface area contributed by atoms with Gasteiger partial charge in [0, 0.05) is 5.92 Å². The van der Waals surface area contributed by atoms with Gasteiger partial charge in [-0.15, -0.1) is 0 Å². The van der Waals surface area contributed by atoms with Crippen LogP contribution in [0, 0.1) is 5.82 Å². The normalized spacial score (nSPS) is 12.4. The second-order valence-electron chi connectivity index (χ2n) is 4.09. The molecular weight excluding hydrogens is 215 g/mol. The average molecular weight is 230 g/mol. The Morgan fingerprint density at radius 1 is 0.941 bits per heavy atom. The van der Waals surface area contributed by atoms with Gasteiger partial charge in [-0.25, -0.2) is 4.39 Å². The van der Waals surface area contributed by atoms with Gasteiger partial charge < -0.3 is 5.11 Å². The fraction of sp³-hybridized carbons (Fsp3) is 0.200. The number of hydrogen-bond acceptors (Lipinski definition) is 1. The van der Waals surface area contributed by atoms with Gasteiger partial charge >= 0.3 is 0 Å². The van der Waals surface area contributed by atoms with E-state index in [0.29, 0.717) is 12.0 Å². The van der Waals surface area contributed by atoms with Crippen molar-refractivity contribution in [3.05, 3.63) is 71.5 Å². The molecule has 0 amide bonds. The van der Waals surface area contributed by atoms with Crippen molar-refractivity contribution in [1.29, 1.82) is 0 Å². The quantitative estimate of drug-likeness (QED) is 0.855. The molecule has 0 spiro atoms. The van der Waals surface area contributed by atoms with Crippen LogP contribution in [0.5, 0.6) is 0 Å². The second kappa shape index (κ2) is 5.60. The van der Waals surface area contributed by atoms with Crippen molar-refractivity contribution < 1.29 is 9.50 Å². The maximum atomic E-state index is 13.5. The smallest absolute Gasteiger partial charge is 0.126 e. The van der Waals surface area contributed by atoms with E-state index in [1.54, 1.807) is 12.1 Å². The van der Waals surface area contributed by atoms with E-state index in [2.05, 4.69) is 0 Å². The summed E-state index contributed by atoms with van der Waals surface area (Å²) < 4.78 is 13.5. The Bertz CT molecular complexity index is 467. The Kier molecular flexibility index (Phi) is 3.89. The summed E-state index contributed by atoms with van der Waals surface area (Å²) in [6.07, 6.45) is 0.521. The van der Waals surface area contributed by atoms with Crippen molar-refractivity contribution >= 4 is 0 Å². The van der Waals surface area contributed by atoms with Crippen molar-refractivity contribution in [2.24, 2.45) is 0 Å². The Labute approximate surface area is 101 Å². The Morgan fingerprint density at radius 3 is 2.24 bits per heavy atom. The minimum absolute atomic E-state index is 0.0261. The molecule has 0 aliphatic carbocycles. The summed E-state index contributed by atoms with van der Waals surface area (Å²) in [4.78, 5) is 0. The number of halogens is 1. The van der Waals surface area contributed by atoms with Crippen molar-refractivity contribution in [2.75, 3.05) is 6.61 Å². The van der Waals surface area contributed by atoms with Crippen LogP contribution in [0.4, 0.5) is 4.39 Å². The number of benzene rings is 2. The number of aliphatic hydroxyl groups is 1. The van der Waals surface area contributed by atoms with E-state index in [4.69, 9.17) is 0 Å². The number of aliphatic hydroxyl groups excluding tert-OH is 1. The first-order valence-electron chi connectivity index (χ1n) is 5.70. The second-order valence-corrected chi connectivity index (χ2v) is 4.09. The lowest BCUT2D eigenvalue weighted by Crippen LogP contribution is -2.08. The molecule has 0 heterocycles. The first-order valence-corrected chi connectivity index (χ1v) is 5.70. The molecule has 1 nitrogen and oxygen atoms in total. The molecule has 1 N–H and O–H groups in total. The highest BCUT2D eigenvalue weighted by Crippen LogP contribution is 2.21. The molecule has 0 bridgehead atoms. The molecule has 2 rings (SSSR count). The first-order chi connectivity index (χ1) is 8.31. The van der Waals surface area contributed by atoms with E-state index in [1.807, 2.05) is 36.4 Å². The molecule has 0 aromatic heterocycles. The van der Waals surface area contributed by atoms with Crippen LogP contribution >= 0.6 is 0 Å². The van der Waals surface area contributed by atoms with Crippen molar-refractivity contribution in [1.82, 2.24) is 0 Å². The van der Waals surface area contributed by atoms with Crippen LogP contribution < -0.4 is 0 Å². The third-order valence-electron chi connectivity index (χ3n) is 2.92. The molecule has 88 valence electrons. The topological polar surface area (TPSA) is 20.2 Å². The molecule has 0 radical (unpaired) electrons. The molecule has 2 aromatic rings. The summed E-state index contributed by atoms with van der Waals surface area (Å²) in [6, 6.07) is 16.4. The summed E-state index contributed by atoms with van der Waals surface area (Å²) in [5.74, 6) is -0.255. The molecule has 2 heteroatoms. The van der Waals surface area contributed by atoms with Gasteiger partial charge in [0.1, 0.15) is 5.82 Å². The van der Waals surface area contributed by atoms with Crippen LogP contribution in [-0.2, 0) is 6.42 Å². The zero-order valence-electron chi connectivity index (χ0n) is 9.51. The molecule has 0 aliphatic heterocycles. The minimum atomic E-state index is -0.207. The van der Waals surface area contributed by atoms with Gasteiger partial charge in [-0.3, -0.25) is 0 Å². The fourth-order valence-electron chi connectivity index (χ4n) is 1.94. The zero-order chi connectivity index (χ0) is 12.1. The standard InChI is InChI=1S/C15H15FO/c16-15-9-5-4-8-13(15)10-14(11-17)12-6-2-1-3-7-12/h1-9,14,17H,10-11H2. The van der Waals surface area contributed by atoms with Gasteiger partial charge in [-0.05, 0) is 23.6 Å².